The molecule has 1 aromatic carbocycles. The van der Waals surface area contributed by atoms with E-state index in [1.54, 1.807) is 12.5 Å². The normalized spacial score (nSPS) is 18.7. The molecule has 2 aliphatic rings. The minimum atomic E-state index is 0.169. The Balaban J connectivity index is 1.33. The Kier molecular flexibility index (Phi) is 5.28. The minimum absolute atomic E-state index is 0.169. The largest absolute Gasteiger partial charge is 0.472 e. The highest BCUT2D eigenvalue weighted by Crippen LogP contribution is 2.24. The maximum atomic E-state index is 12.7. The molecule has 4 rings (SSSR count). The zero-order chi connectivity index (χ0) is 18.6. The number of likely N-dealkylation sites (tertiary alicyclic amines) is 2. The summed E-state index contributed by atoms with van der Waals surface area (Å²) in [5.41, 5.74) is 3.11. The third kappa shape index (κ3) is 4.07. The van der Waals surface area contributed by atoms with Crippen LogP contribution in [0.25, 0.3) is 11.1 Å². The molecule has 3 heterocycles. The summed E-state index contributed by atoms with van der Waals surface area (Å²) >= 11 is 0. The zero-order valence-corrected chi connectivity index (χ0v) is 15.6. The van der Waals surface area contributed by atoms with Crippen molar-refractivity contribution in [1.82, 2.24) is 9.80 Å². The summed E-state index contributed by atoms with van der Waals surface area (Å²) in [5, 5.41) is 0. The first kappa shape index (κ1) is 17.8. The summed E-state index contributed by atoms with van der Waals surface area (Å²) in [6.07, 6.45) is 8.39. The molecule has 2 aromatic rings. The number of hydrogen-bond donors (Lipinski definition) is 0. The molecule has 2 aliphatic heterocycles. The van der Waals surface area contributed by atoms with E-state index in [-0.39, 0.29) is 5.91 Å². The molecule has 0 N–H and O–H groups in total. The molecule has 0 aliphatic carbocycles. The fourth-order valence-corrected chi connectivity index (χ4v) is 4.22. The van der Waals surface area contributed by atoms with Gasteiger partial charge in [-0.15, -0.1) is 0 Å². The third-order valence-electron chi connectivity index (χ3n) is 5.75. The van der Waals surface area contributed by atoms with Gasteiger partial charge in [-0.05, 0) is 42.9 Å². The van der Waals surface area contributed by atoms with E-state index in [1.165, 1.54) is 0 Å². The lowest BCUT2D eigenvalue weighted by molar-refractivity contribution is -0.138. The summed E-state index contributed by atoms with van der Waals surface area (Å²) in [4.78, 5) is 28.9. The third-order valence-corrected chi connectivity index (χ3v) is 5.75. The molecular weight excluding hydrogens is 340 g/mol. The van der Waals surface area contributed by atoms with Crippen LogP contribution >= 0.6 is 0 Å². The smallest absolute Gasteiger partial charge is 0.226 e. The van der Waals surface area contributed by atoms with Gasteiger partial charge in [-0.1, -0.05) is 24.3 Å². The molecule has 27 heavy (non-hydrogen) atoms. The van der Waals surface area contributed by atoms with Crippen LogP contribution in [0.15, 0.2) is 47.3 Å². The average Bonchev–Trinajstić information content (AvgIpc) is 3.24. The highest BCUT2D eigenvalue weighted by Gasteiger charge is 2.30. The Morgan fingerprint density at radius 1 is 1.07 bits per heavy atom. The van der Waals surface area contributed by atoms with Crippen LogP contribution in [0, 0.1) is 0 Å². The van der Waals surface area contributed by atoms with Crippen LogP contribution in [0.2, 0.25) is 0 Å². The van der Waals surface area contributed by atoms with Crippen LogP contribution in [0.5, 0.6) is 0 Å². The fourth-order valence-electron chi connectivity index (χ4n) is 4.22. The lowest BCUT2D eigenvalue weighted by Gasteiger charge is -2.40. The summed E-state index contributed by atoms with van der Waals surface area (Å²) in [6, 6.07) is 10.3. The summed E-state index contributed by atoms with van der Waals surface area (Å²) in [5.74, 6) is 0.463. The zero-order valence-electron chi connectivity index (χ0n) is 15.6. The summed E-state index contributed by atoms with van der Waals surface area (Å²) < 4.78 is 5.15. The van der Waals surface area contributed by atoms with Crippen molar-refractivity contribution in [2.45, 2.75) is 44.6 Å². The second-order valence-corrected chi connectivity index (χ2v) is 7.55. The summed E-state index contributed by atoms with van der Waals surface area (Å²) in [6.45, 7) is 2.38. The number of nitrogens with zero attached hydrogens (tertiary/aromatic N) is 2. The first-order valence-electron chi connectivity index (χ1n) is 9.89. The SMILES string of the molecule is O=C(Cc1cccc(-c2ccoc2)c1)N1CCC(N2CCCCC2=O)CC1. The topological polar surface area (TPSA) is 53.8 Å². The van der Waals surface area contributed by atoms with Crippen molar-refractivity contribution in [3.05, 3.63) is 48.4 Å². The molecule has 2 fully saturated rings. The maximum Gasteiger partial charge on any atom is 0.226 e. The van der Waals surface area contributed by atoms with E-state index < -0.39 is 0 Å². The van der Waals surface area contributed by atoms with E-state index in [1.807, 2.05) is 29.2 Å². The van der Waals surface area contributed by atoms with Crippen LogP contribution in [-0.2, 0) is 16.0 Å². The van der Waals surface area contributed by atoms with Crippen LogP contribution in [0.1, 0.15) is 37.7 Å². The van der Waals surface area contributed by atoms with Gasteiger partial charge in [0.15, 0.2) is 0 Å². The number of rotatable bonds is 4. The van der Waals surface area contributed by atoms with Crippen LogP contribution in [-0.4, -0.2) is 47.3 Å². The Hall–Kier alpha value is -2.56. The highest BCUT2D eigenvalue weighted by atomic mass is 16.3. The second kappa shape index (κ2) is 7.99. The van der Waals surface area contributed by atoms with Crippen molar-refractivity contribution in [3.63, 3.8) is 0 Å². The van der Waals surface area contributed by atoms with Gasteiger partial charge in [0, 0.05) is 37.7 Å². The van der Waals surface area contributed by atoms with Gasteiger partial charge >= 0.3 is 0 Å². The Morgan fingerprint density at radius 2 is 1.93 bits per heavy atom. The minimum Gasteiger partial charge on any atom is -0.472 e. The first-order valence-corrected chi connectivity index (χ1v) is 9.89. The molecule has 5 heteroatoms. The van der Waals surface area contributed by atoms with Crippen molar-refractivity contribution in [2.75, 3.05) is 19.6 Å². The van der Waals surface area contributed by atoms with Gasteiger partial charge in [-0.3, -0.25) is 9.59 Å². The maximum absolute atomic E-state index is 12.7. The number of amides is 2. The van der Waals surface area contributed by atoms with Crippen LogP contribution in [0.3, 0.4) is 0 Å². The quantitative estimate of drug-likeness (QED) is 0.832. The van der Waals surface area contributed by atoms with E-state index in [0.29, 0.717) is 24.8 Å². The van der Waals surface area contributed by atoms with Gasteiger partial charge in [-0.25, -0.2) is 0 Å². The van der Waals surface area contributed by atoms with E-state index >= 15 is 0 Å². The lowest BCUT2D eigenvalue weighted by atomic mass is 9.98. The summed E-state index contributed by atoms with van der Waals surface area (Å²) in [7, 11) is 0. The Bertz CT molecular complexity index is 792. The second-order valence-electron chi connectivity index (χ2n) is 7.55. The standard InChI is InChI=1S/C22H26N2O3/c25-21-6-1-2-10-24(21)20-7-11-23(12-8-20)22(26)15-17-4-3-5-18(14-17)19-9-13-27-16-19/h3-5,9,13-14,16,20H,1-2,6-8,10-12,15H2. The number of carbonyl (C=O) groups excluding carboxylic acids is 2. The van der Waals surface area contributed by atoms with Gasteiger partial charge in [0.25, 0.3) is 0 Å². The number of hydrogen-bond acceptors (Lipinski definition) is 3. The molecule has 0 bridgehead atoms. The highest BCUT2D eigenvalue weighted by molar-refractivity contribution is 5.80. The van der Waals surface area contributed by atoms with Crippen LogP contribution < -0.4 is 0 Å². The molecule has 1 aromatic heterocycles. The van der Waals surface area contributed by atoms with Crippen molar-refractivity contribution in [1.29, 1.82) is 0 Å². The van der Waals surface area contributed by atoms with E-state index in [0.717, 1.165) is 62.0 Å². The number of benzene rings is 1. The lowest BCUT2D eigenvalue weighted by Crippen LogP contribution is -2.50. The number of piperidine rings is 2. The molecule has 0 radical (unpaired) electrons. The van der Waals surface area contributed by atoms with Crippen molar-refractivity contribution in [2.24, 2.45) is 0 Å². The molecule has 5 nitrogen and oxygen atoms in total. The van der Waals surface area contributed by atoms with Crippen molar-refractivity contribution < 1.29 is 14.0 Å². The average molecular weight is 366 g/mol. The number of carbonyl (C=O) groups is 2. The Morgan fingerprint density at radius 3 is 2.67 bits per heavy atom. The number of furan rings is 1. The molecule has 0 spiro atoms. The van der Waals surface area contributed by atoms with Crippen molar-refractivity contribution in [3.8, 4) is 11.1 Å². The molecule has 0 unspecified atom stereocenters. The van der Waals surface area contributed by atoms with Crippen molar-refractivity contribution >= 4 is 11.8 Å². The molecule has 2 amide bonds. The predicted octanol–water partition coefficient (Wildman–Crippen LogP) is 3.49. The van der Waals surface area contributed by atoms with E-state index in [4.69, 9.17) is 4.42 Å². The van der Waals surface area contributed by atoms with Gasteiger partial charge < -0.3 is 14.2 Å². The molecule has 0 atom stereocenters. The van der Waals surface area contributed by atoms with Gasteiger partial charge in [-0.2, -0.15) is 0 Å². The van der Waals surface area contributed by atoms with E-state index in [2.05, 4.69) is 11.0 Å². The van der Waals surface area contributed by atoms with Gasteiger partial charge in [0.05, 0.1) is 18.9 Å². The molecular formula is C22H26N2O3. The molecule has 142 valence electrons. The monoisotopic (exact) mass is 366 g/mol. The predicted molar refractivity (Wildman–Crippen MR) is 103 cm³/mol. The Labute approximate surface area is 159 Å². The van der Waals surface area contributed by atoms with Gasteiger partial charge in [0.1, 0.15) is 0 Å². The van der Waals surface area contributed by atoms with E-state index in [9.17, 15) is 9.59 Å². The molecule has 0 saturated carbocycles. The van der Waals surface area contributed by atoms with Crippen LogP contribution in [0.4, 0.5) is 0 Å². The first-order chi connectivity index (χ1) is 13.2. The van der Waals surface area contributed by atoms with Gasteiger partial charge in [0.2, 0.25) is 11.8 Å². The molecule has 2 saturated heterocycles. The fraction of sp³-hybridized carbons (Fsp3) is 0.455.